The summed E-state index contributed by atoms with van der Waals surface area (Å²) in [6.45, 7) is 10.4. The average Bonchev–Trinajstić information content (AvgIpc) is 2.68. The zero-order chi connectivity index (χ0) is 23.9. The molecule has 1 aromatic carbocycles. The number of rotatable bonds is 8. The molecule has 0 aromatic heterocycles. The van der Waals surface area contributed by atoms with Crippen LogP contribution in [0.4, 0.5) is 11.4 Å². The highest BCUT2D eigenvalue weighted by atomic mass is 16.5. The summed E-state index contributed by atoms with van der Waals surface area (Å²) in [6, 6.07) is 6.11. The van der Waals surface area contributed by atoms with E-state index in [-0.39, 0.29) is 43.2 Å². The number of nitrogens with zero attached hydrogens (tertiary/aromatic N) is 1. The Morgan fingerprint density at radius 3 is 2.47 bits per heavy atom. The van der Waals surface area contributed by atoms with Crippen LogP contribution in [-0.4, -0.2) is 60.9 Å². The summed E-state index contributed by atoms with van der Waals surface area (Å²) in [6.07, 6.45) is -0.111. The fraction of sp³-hybridized carbons (Fsp3) is 0.565. The third-order valence-corrected chi connectivity index (χ3v) is 4.81. The fourth-order valence-corrected chi connectivity index (χ4v) is 3.03. The van der Waals surface area contributed by atoms with Gasteiger partial charge in [-0.1, -0.05) is 40.7 Å². The Morgan fingerprint density at radius 2 is 1.84 bits per heavy atom. The molecule has 9 heteroatoms. The van der Waals surface area contributed by atoms with E-state index in [4.69, 9.17) is 4.74 Å². The fourth-order valence-electron chi connectivity index (χ4n) is 3.03. The maximum atomic E-state index is 12.6. The van der Waals surface area contributed by atoms with E-state index in [1.54, 1.807) is 29.2 Å². The van der Waals surface area contributed by atoms with Crippen molar-refractivity contribution >= 4 is 35.1 Å². The van der Waals surface area contributed by atoms with Gasteiger partial charge >= 0.3 is 5.97 Å². The molecule has 0 spiro atoms. The van der Waals surface area contributed by atoms with Crippen molar-refractivity contribution in [3.05, 3.63) is 24.3 Å². The van der Waals surface area contributed by atoms with E-state index in [2.05, 4.69) is 16.0 Å². The molecular weight excluding hydrogens is 412 g/mol. The molecule has 176 valence electrons. The van der Waals surface area contributed by atoms with Crippen LogP contribution in [0.25, 0.3) is 0 Å². The van der Waals surface area contributed by atoms with E-state index in [1.807, 2.05) is 34.6 Å². The van der Waals surface area contributed by atoms with Crippen molar-refractivity contribution in [3.8, 4) is 0 Å². The van der Waals surface area contributed by atoms with Crippen molar-refractivity contribution in [2.75, 3.05) is 36.9 Å². The van der Waals surface area contributed by atoms with Gasteiger partial charge in [0.1, 0.15) is 6.04 Å². The van der Waals surface area contributed by atoms with Gasteiger partial charge in [0.2, 0.25) is 17.7 Å². The van der Waals surface area contributed by atoms with Crippen LogP contribution >= 0.6 is 0 Å². The lowest BCUT2D eigenvalue weighted by atomic mass is 9.95. The van der Waals surface area contributed by atoms with Gasteiger partial charge in [0.25, 0.3) is 0 Å². The summed E-state index contributed by atoms with van der Waals surface area (Å²) in [4.78, 5) is 50.9. The molecule has 1 fully saturated rings. The maximum Gasteiger partial charge on any atom is 0.307 e. The smallest absolute Gasteiger partial charge is 0.307 e. The minimum absolute atomic E-state index is 0.0475. The molecule has 0 bridgehead atoms. The Morgan fingerprint density at radius 1 is 1.19 bits per heavy atom. The number of amides is 3. The van der Waals surface area contributed by atoms with Crippen LogP contribution in [-0.2, 0) is 23.9 Å². The number of hydrogen-bond acceptors (Lipinski definition) is 6. The van der Waals surface area contributed by atoms with E-state index in [0.29, 0.717) is 24.5 Å². The van der Waals surface area contributed by atoms with E-state index < -0.39 is 17.4 Å². The van der Waals surface area contributed by atoms with Gasteiger partial charge in [-0.2, -0.15) is 0 Å². The van der Waals surface area contributed by atoms with Crippen LogP contribution in [0, 0.1) is 11.3 Å². The zero-order valence-electron chi connectivity index (χ0n) is 19.5. The topological polar surface area (TPSA) is 117 Å². The first-order valence-electron chi connectivity index (χ1n) is 10.8. The summed E-state index contributed by atoms with van der Waals surface area (Å²) < 4.78 is 5.19. The second-order valence-electron chi connectivity index (χ2n) is 9.39. The van der Waals surface area contributed by atoms with Crippen LogP contribution in [0.15, 0.2) is 24.3 Å². The van der Waals surface area contributed by atoms with Crippen molar-refractivity contribution in [3.63, 3.8) is 0 Å². The van der Waals surface area contributed by atoms with E-state index in [0.717, 1.165) is 0 Å². The second kappa shape index (κ2) is 11.1. The molecule has 3 N–H and O–H groups in total. The van der Waals surface area contributed by atoms with Gasteiger partial charge < -0.3 is 20.7 Å². The lowest BCUT2D eigenvalue weighted by molar-refractivity contribution is -0.149. The van der Waals surface area contributed by atoms with Crippen molar-refractivity contribution < 1.29 is 23.9 Å². The molecule has 0 saturated carbocycles. The standard InChI is InChI=1S/C23H34N4O5/c1-15(2)14-32-20(29)12-18-21(30)24-9-10-27(18)13-19(28)25-16-7-6-8-17(11-16)26-22(31)23(3,4)5/h6-8,11,15,18H,9-10,12-14H2,1-5H3,(H,24,30)(H,25,28)(H,26,31). The number of hydrogen-bond donors (Lipinski definition) is 3. The number of nitrogens with one attached hydrogen (secondary N) is 3. The van der Waals surface area contributed by atoms with Gasteiger partial charge in [0.15, 0.2) is 0 Å². The highest BCUT2D eigenvalue weighted by Crippen LogP contribution is 2.20. The van der Waals surface area contributed by atoms with Crippen LogP contribution in [0.5, 0.6) is 0 Å². The van der Waals surface area contributed by atoms with Gasteiger partial charge in [0.05, 0.1) is 19.6 Å². The van der Waals surface area contributed by atoms with Gasteiger partial charge in [-0.15, -0.1) is 0 Å². The first kappa shape index (κ1) is 25.3. The second-order valence-corrected chi connectivity index (χ2v) is 9.39. The van der Waals surface area contributed by atoms with E-state index in [9.17, 15) is 19.2 Å². The zero-order valence-corrected chi connectivity index (χ0v) is 19.5. The average molecular weight is 447 g/mol. The molecule has 0 aliphatic carbocycles. The van der Waals surface area contributed by atoms with Crippen LogP contribution in [0.1, 0.15) is 41.0 Å². The number of benzene rings is 1. The Bertz CT molecular complexity index is 847. The molecule has 1 heterocycles. The Hall–Kier alpha value is -2.94. The van der Waals surface area contributed by atoms with Crippen LogP contribution in [0.2, 0.25) is 0 Å². The van der Waals surface area contributed by atoms with Crippen LogP contribution in [0.3, 0.4) is 0 Å². The minimum Gasteiger partial charge on any atom is -0.465 e. The molecule has 32 heavy (non-hydrogen) atoms. The molecule has 0 radical (unpaired) electrons. The van der Waals surface area contributed by atoms with Crippen molar-refractivity contribution in [1.82, 2.24) is 10.2 Å². The molecule has 9 nitrogen and oxygen atoms in total. The van der Waals surface area contributed by atoms with E-state index in [1.165, 1.54) is 0 Å². The SMILES string of the molecule is CC(C)COC(=O)CC1C(=O)NCCN1CC(=O)Nc1cccc(NC(=O)C(C)(C)C)c1. The molecule has 2 rings (SSSR count). The molecule has 1 aliphatic heterocycles. The third kappa shape index (κ3) is 7.96. The molecule has 1 aromatic rings. The number of esters is 1. The lowest BCUT2D eigenvalue weighted by Gasteiger charge is -2.33. The summed E-state index contributed by atoms with van der Waals surface area (Å²) in [5.41, 5.74) is 0.557. The highest BCUT2D eigenvalue weighted by Gasteiger charge is 2.33. The van der Waals surface area contributed by atoms with Gasteiger partial charge in [-0.05, 0) is 24.1 Å². The summed E-state index contributed by atoms with van der Waals surface area (Å²) in [5, 5.41) is 8.35. The number of anilines is 2. The minimum atomic E-state index is -0.758. The van der Waals surface area contributed by atoms with Gasteiger partial charge in [0, 0.05) is 29.9 Å². The largest absolute Gasteiger partial charge is 0.465 e. The molecule has 1 unspecified atom stereocenters. The van der Waals surface area contributed by atoms with Crippen LogP contribution < -0.4 is 16.0 Å². The molecule has 3 amide bonds. The predicted octanol–water partition coefficient (Wildman–Crippen LogP) is 2.00. The van der Waals surface area contributed by atoms with Gasteiger partial charge in [-0.3, -0.25) is 24.1 Å². The molecule has 1 aliphatic rings. The first-order chi connectivity index (χ1) is 15.0. The number of ether oxygens (including phenoxy) is 1. The Kier molecular flexibility index (Phi) is 8.77. The summed E-state index contributed by atoms with van der Waals surface area (Å²) >= 11 is 0. The summed E-state index contributed by atoms with van der Waals surface area (Å²) in [7, 11) is 0. The highest BCUT2D eigenvalue weighted by molar-refractivity contribution is 5.97. The van der Waals surface area contributed by atoms with Crippen molar-refractivity contribution in [2.45, 2.75) is 47.1 Å². The molecule has 1 saturated heterocycles. The normalized spacial score (nSPS) is 16.9. The number of piperazine rings is 1. The predicted molar refractivity (Wildman–Crippen MR) is 122 cm³/mol. The number of carbonyl (C=O) groups is 4. The molecule has 1 atom stereocenters. The maximum absolute atomic E-state index is 12.6. The first-order valence-corrected chi connectivity index (χ1v) is 10.8. The Balaban J connectivity index is 1.98. The van der Waals surface area contributed by atoms with Gasteiger partial charge in [-0.25, -0.2) is 0 Å². The Labute approximate surface area is 189 Å². The number of carbonyl (C=O) groups excluding carboxylic acids is 4. The van der Waals surface area contributed by atoms with E-state index >= 15 is 0 Å². The third-order valence-electron chi connectivity index (χ3n) is 4.81. The molecular formula is C23H34N4O5. The lowest BCUT2D eigenvalue weighted by Crippen LogP contribution is -2.57. The van der Waals surface area contributed by atoms with Crippen molar-refractivity contribution in [2.24, 2.45) is 11.3 Å². The van der Waals surface area contributed by atoms with Crippen molar-refractivity contribution in [1.29, 1.82) is 0 Å². The quantitative estimate of drug-likeness (QED) is 0.526. The monoisotopic (exact) mass is 446 g/mol. The summed E-state index contributed by atoms with van der Waals surface area (Å²) in [5.74, 6) is -1.01.